The van der Waals surface area contributed by atoms with Crippen molar-refractivity contribution in [2.24, 2.45) is 0 Å². The van der Waals surface area contributed by atoms with Gasteiger partial charge in [0.2, 0.25) is 5.88 Å². The van der Waals surface area contributed by atoms with Gasteiger partial charge in [-0.2, -0.15) is 0 Å². The standard InChI is InChI=1S/C36H23N3O2/c1-2-9-23-22(8-1)20-31(25-11-4-3-10-24(23)25)39(29-14-6-16-33-34(29)28-21-37-19-17-32(28)40-33)30-15-5-12-26-27-13-7-18-38-36(27)41-35(26)30/h1-17,19-21,38H,18H2. The van der Waals surface area contributed by atoms with Gasteiger partial charge in [-0.25, -0.2) is 0 Å². The number of nitrogens with zero attached hydrogens (tertiary/aromatic N) is 2. The molecule has 0 fully saturated rings. The van der Waals surface area contributed by atoms with Crippen LogP contribution in [0.25, 0.3) is 60.5 Å². The van der Waals surface area contributed by atoms with Gasteiger partial charge in [-0.3, -0.25) is 4.98 Å². The van der Waals surface area contributed by atoms with Crippen LogP contribution in [-0.2, 0) is 0 Å². The number of fused-ring (bicyclic) bond motifs is 9. The van der Waals surface area contributed by atoms with E-state index in [1.165, 1.54) is 16.2 Å². The quantitative estimate of drug-likeness (QED) is 0.231. The molecule has 5 heteroatoms. The van der Waals surface area contributed by atoms with Crippen LogP contribution in [0.3, 0.4) is 0 Å². The third-order valence-electron chi connectivity index (χ3n) is 8.14. The Balaban J connectivity index is 1.45. The first-order valence-electron chi connectivity index (χ1n) is 13.8. The fourth-order valence-electron chi connectivity index (χ4n) is 6.37. The molecule has 194 valence electrons. The highest BCUT2D eigenvalue weighted by atomic mass is 16.4. The van der Waals surface area contributed by atoms with E-state index in [-0.39, 0.29) is 0 Å². The Hall–Kier alpha value is -5.55. The molecule has 0 atom stereocenters. The molecule has 5 nitrogen and oxygen atoms in total. The minimum Gasteiger partial charge on any atom is -0.456 e. The van der Waals surface area contributed by atoms with Gasteiger partial charge in [0.1, 0.15) is 11.2 Å². The van der Waals surface area contributed by atoms with Gasteiger partial charge >= 0.3 is 0 Å². The van der Waals surface area contributed by atoms with Gasteiger partial charge in [-0.15, -0.1) is 0 Å². The zero-order chi connectivity index (χ0) is 26.9. The highest BCUT2D eigenvalue weighted by Crippen LogP contribution is 2.49. The average Bonchev–Trinajstić information content (AvgIpc) is 3.61. The number of furan rings is 2. The first-order valence-corrected chi connectivity index (χ1v) is 13.8. The summed E-state index contributed by atoms with van der Waals surface area (Å²) >= 11 is 0. The Labute approximate surface area is 234 Å². The summed E-state index contributed by atoms with van der Waals surface area (Å²) in [6, 6.07) is 34.1. The molecule has 3 aromatic heterocycles. The molecule has 0 unspecified atom stereocenters. The molecule has 4 heterocycles. The molecule has 8 aromatic rings. The Bertz CT molecular complexity index is 2340. The second-order valence-corrected chi connectivity index (χ2v) is 10.4. The molecule has 0 saturated carbocycles. The van der Waals surface area contributed by atoms with Crippen molar-refractivity contribution in [3.63, 3.8) is 0 Å². The second-order valence-electron chi connectivity index (χ2n) is 10.4. The van der Waals surface area contributed by atoms with Crippen LogP contribution >= 0.6 is 0 Å². The van der Waals surface area contributed by atoms with Crippen LogP contribution in [0.5, 0.6) is 0 Å². The van der Waals surface area contributed by atoms with E-state index in [0.29, 0.717) is 0 Å². The summed E-state index contributed by atoms with van der Waals surface area (Å²) in [6.07, 6.45) is 7.94. The second kappa shape index (κ2) is 8.47. The molecule has 0 saturated heterocycles. The van der Waals surface area contributed by atoms with E-state index in [9.17, 15) is 0 Å². The number of nitrogens with one attached hydrogen (secondary N) is 1. The number of pyridine rings is 1. The largest absolute Gasteiger partial charge is 0.456 e. The zero-order valence-corrected chi connectivity index (χ0v) is 22.0. The minimum absolute atomic E-state index is 0.745. The van der Waals surface area contributed by atoms with E-state index < -0.39 is 0 Å². The predicted octanol–water partition coefficient (Wildman–Crippen LogP) is 9.94. The van der Waals surface area contributed by atoms with Crippen LogP contribution in [0.4, 0.5) is 22.9 Å². The van der Waals surface area contributed by atoms with Crippen molar-refractivity contribution in [1.82, 2.24) is 4.98 Å². The number of anilines is 4. The molecule has 0 amide bonds. The highest BCUT2D eigenvalue weighted by molar-refractivity contribution is 6.19. The molecule has 41 heavy (non-hydrogen) atoms. The van der Waals surface area contributed by atoms with Gasteiger partial charge in [0, 0.05) is 40.7 Å². The highest BCUT2D eigenvalue weighted by Gasteiger charge is 2.26. The zero-order valence-electron chi connectivity index (χ0n) is 22.0. The molecule has 0 aliphatic carbocycles. The van der Waals surface area contributed by atoms with Crippen LogP contribution in [0.1, 0.15) is 5.56 Å². The van der Waals surface area contributed by atoms with Crippen molar-refractivity contribution in [3.05, 3.63) is 121 Å². The SMILES string of the molecule is C1=Cc2c(oc3c(N(c4cc5ccccc5c5ccccc45)c4cccc5oc6ccncc6c45)cccc23)NC1. The van der Waals surface area contributed by atoms with Crippen LogP contribution in [-0.4, -0.2) is 11.5 Å². The van der Waals surface area contributed by atoms with Gasteiger partial charge in [0.25, 0.3) is 0 Å². The van der Waals surface area contributed by atoms with Gasteiger partial charge < -0.3 is 19.1 Å². The maximum absolute atomic E-state index is 6.59. The number of para-hydroxylation sites is 1. The van der Waals surface area contributed by atoms with E-state index in [0.717, 1.165) is 73.3 Å². The maximum Gasteiger partial charge on any atom is 0.201 e. The van der Waals surface area contributed by atoms with E-state index in [4.69, 9.17) is 8.83 Å². The smallest absolute Gasteiger partial charge is 0.201 e. The van der Waals surface area contributed by atoms with Crippen LogP contribution in [0.15, 0.2) is 124 Å². The monoisotopic (exact) mass is 529 g/mol. The molecule has 1 aliphatic rings. The lowest BCUT2D eigenvalue weighted by atomic mass is 9.98. The molecule has 9 rings (SSSR count). The van der Waals surface area contributed by atoms with Crippen molar-refractivity contribution >= 4 is 83.5 Å². The lowest BCUT2D eigenvalue weighted by Gasteiger charge is -2.28. The van der Waals surface area contributed by atoms with E-state index in [2.05, 4.69) is 112 Å². The summed E-state index contributed by atoms with van der Waals surface area (Å²) < 4.78 is 12.9. The summed E-state index contributed by atoms with van der Waals surface area (Å²) in [6.45, 7) is 0.745. The summed E-state index contributed by atoms with van der Waals surface area (Å²) in [5, 5.41) is 11.2. The molecule has 1 aliphatic heterocycles. The van der Waals surface area contributed by atoms with Crippen LogP contribution in [0.2, 0.25) is 0 Å². The first-order chi connectivity index (χ1) is 20.3. The molecule has 0 bridgehead atoms. The minimum atomic E-state index is 0.745. The number of benzene rings is 5. The summed E-state index contributed by atoms with van der Waals surface area (Å²) in [5.74, 6) is 0.800. The average molecular weight is 530 g/mol. The fourth-order valence-corrected chi connectivity index (χ4v) is 6.37. The van der Waals surface area contributed by atoms with E-state index in [1.807, 2.05) is 18.3 Å². The molecule has 0 spiro atoms. The predicted molar refractivity (Wildman–Crippen MR) is 169 cm³/mol. The topological polar surface area (TPSA) is 54.4 Å². The fraction of sp³-hybridized carbons (Fsp3) is 0.0278. The first kappa shape index (κ1) is 22.3. The third-order valence-corrected chi connectivity index (χ3v) is 8.14. The molecule has 0 radical (unpaired) electrons. The lowest BCUT2D eigenvalue weighted by Crippen LogP contribution is -2.11. The van der Waals surface area contributed by atoms with Gasteiger partial charge in [0.05, 0.1) is 22.4 Å². The van der Waals surface area contributed by atoms with Crippen molar-refractivity contribution in [2.75, 3.05) is 16.8 Å². The summed E-state index contributed by atoms with van der Waals surface area (Å²) in [7, 11) is 0. The van der Waals surface area contributed by atoms with E-state index in [1.54, 1.807) is 6.20 Å². The summed E-state index contributed by atoms with van der Waals surface area (Å²) in [5.41, 5.74) is 6.56. The van der Waals surface area contributed by atoms with Gasteiger partial charge in [-0.1, -0.05) is 78.9 Å². The number of hydrogen-bond acceptors (Lipinski definition) is 5. The Kier molecular flexibility index (Phi) is 4.61. The molecular weight excluding hydrogens is 506 g/mol. The molecule has 5 aromatic carbocycles. The van der Waals surface area contributed by atoms with Crippen molar-refractivity contribution in [2.45, 2.75) is 0 Å². The Morgan fingerprint density at radius 2 is 1.46 bits per heavy atom. The van der Waals surface area contributed by atoms with Crippen LogP contribution < -0.4 is 10.2 Å². The maximum atomic E-state index is 6.59. The normalized spacial score (nSPS) is 12.9. The van der Waals surface area contributed by atoms with Gasteiger partial charge in [-0.05, 0) is 46.5 Å². The Morgan fingerprint density at radius 3 is 2.41 bits per heavy atom. The van der Waals surface area contributed by atoms with E-state index >= 15 is 0 Å². The number of rotatable bonds is 3. The van der Waals surface area contributed by atoms with Crippen molar-refractivity contribution in [1.29, 1.82) is 0 Å². The van der Waals surface area contributed by atoms with Crippen molar-refractivity contribution in [3.8, 4) is 0 Å². The lowest BCUT2D eigenvalue weighted by molar-refractivity contribution is 0.628. The van der Waals surface area contributed by atoms with Crippen molar-refractivity contribution < 1.29 is 8.83 Å². The van der Waals surface area contributed by atoms with Gasteiger partial charge in [0.15, 0.2) is 5.58 Å². The third kappa shape index (κ3) is 3.20. The van der Waals surface area contributed by atoms with Crippen LogP contribution in [0, 0.1) is 0 Å². The number of aromatic nitrogens is 1. The molecule has 1 N–H and O–H groups in total. The summed E-state index contributed by atoms with van der Waals surface area (Å²) in [4.78, 5) is 6.79. The molecular formula is C36H23N3O2. The Morgan fingerprint density at radius 1 is 0.659 bits per heavy atom. The number of hydrogen-bond donors (Lipinski definition) is 1.